The summed E-state index contributed by atoms with van der Waals surface area (Å²) < 4.78 is 0. The maximum absolute atomic E-state index is 11.9. The number of nitrogens with zero attached hydrogens (tertiary/aromatic N) is 1. The van der Waals surface area contributed by atoms with E-state index in [4.69, 9.17) is 15.3 Å². The normalized spacial score (nSPS) is 13.2. The zero-order valence-corrected chi connectivity index (χ0v) is 12.1. The van der Waals surface area contributed by atoms with Crippen LogP contribution in [0, 0.1) is 0 Å². The van der Waals surface area contributed by atoms with E-state index in [0.717, 1.165) is 0 Å². The van der Waals surface area contributed by atoms with Crippen molar-refractivity contribution in [3.63, 3.8) is 0 Å². The van der Waals surface area contributed by atoms with Crippen LogP contribution in [-0.4, -0.2) is 80.9 Å². The van der Waals surface area contributed by atoms with Gasteiger partial charge in [-0.15, -0.1) is 0 Å². The molecule has 0 saturated heterocycles. The number of carboxylic acid groups (broad SMARTS) is 3. The summed E-state index contributed by atoms with van der Waals surface area (Å²) in [5.41, 5.74) is 0. The summed E-state index contributed by atoms with van der Waals surface area (Å²) in [6, 6.07) is -1.35. The molecule has 0 aromatic rings. The van der Waals surface area contributed by atoms with Gasteiger partial charge in [0.1, 0.15) is 19.1 Å². The largest absolute Gasteiger partial charge is 0.480 e. The first-order valence-electron chi connectivity index (χ1n) is 6.52. The van der Waals surface area contributed by atoms with Crippen LogP contribution >= 0.6 is 0 Å². The molecule has 1 amide bonds. The Morgan fingerprint density at radius 2 is 1.55 bits per heavy atom. The highest BCUT2D eigenvalue weighted by atomic mass is 16.4. The third-order valence-corrected chi connectivity index (χ3v) is 2.75. The molecule has 0 aliphatic rings. The fourth-order valence-corrected chi connectivity index (χ4v) is 1.53. The number of aliphatic hydroxyl groups is 1. The maximum atomic E-state index is 11.9. The second kappa shape index (κ2) is 9.68. The van der Waals surface area contributed by atoms with E-state index in [-0.39, 0.29) is 6.54 Å². The van der Waals surface area contributed by atoms with Crippen molar-refractivity contribution in [2.24, 2.45) is 0 Å². The lowest BCUT2D eigenvalue weighted by molar-refractivity contribution is -0.150. The van der Waals surface area contributed by atoms with Crippen molar-refractivity contribution in [3.05, 3.63) is 0 Å². The van der Waals surface area contributed by atoms with E-state index >= 15 is 0 Å². The maximum Gasteiger partial charge on any atom is 0.323 e. The third-order valence-electron chi connectivity index (χ3n) is 2.75. The fraction of sp³-hybridized carbons (Fsp3) is 0.667. The Hall–Kier alpha value is -2.20. The van der Waals surface area contributed by atoms with Gasteiger partial charge in [0.2, 0.25) is 5.91 Å². The molecule has 0 saturated carbocycles. The minimum absolute atomic E-state index is 0.0569. The summed E-state index contributed by atoms with van der Waals surface area (Å²) in [5, 5.41) is 38.1. The number of rotatable bonds is 11. The monoisotopic (exact) mass is 320 g/mol. The molecule has 0 radical (unpaired) electrons. The van der Waals surface area contributed by atoms with E-state index in [0.29, 0.717) is 11.3 Å². The lowest BCUT2D eigenvalue weighted by Gasteiger charge is -2.22. The molecule has 0 heterocycles. The van der Waals surface area contributed by atoms with E-state index in [1.54, 1.807) is 6.92 Å². The second-order valence-corrected chi connectivity index (χ2v) is 4.60. The molecule has 2 unspecified atom stereocenters. The first-order valence-corrected chi connectivity index (χ1v) is 6.52. The highest BCUT2D eigenvalue weighted by Crippen LogP contribution is 2.01. The van der Waals surface area contributed by atoms with Crippen molar-refractivity contribution in [2.45, 2.75) is 31.9 Å². The number of hydrogen-bond acceptors (Lipinski definition) is 6. The molecule has 0 aliphatic carbocycles. The Morgan fingerprint density at radius 1 is 1.05 bits per heavy atom. The lowest BCUT2D eigenvalue weighted by atomic mass is 10.1. The van der Waals surface area contributed by atoms with Crippen LogP contribution in [0.1, 0.15) is 19.8 Å². The van der Waals surface area contributed by atoms with Crippen LogP contribution in [0.2, 0.25) is 0 Å². The minimum atomic E-state index is -1.41. The van der Waals surface area contributed by atoms with Gasteiger partial charge in [-0.05, 0) is 6.42 Å². The van der Waals surface area contributed by atoms with Crippen LogP contribution in [0.25, 0.3) is 0 Å². The van der Waals surface area contributed by atoms with Gasteiger partial charge in [0.25, 0.3) is 0 Å². The van der Waals surface area contributed by atoms with Crippen molar-refractivity contribution in [3.8, 4) is 0 Å². The lowest BCUT2D eigenvalue weighted by Crippen LogP contribution is -2.47. The highest BCUT2D eigenvalue weighted by molar-refractivity contribution is 5.88. The number of hydrogen-bond donors (Lipinski definition) is 5. The van der Waals surface area contributed by atoms with E-state index in [9.17, 15) is 24.3 Å². The Labute approximate surface area is 126 Å². The number of nitrogens with one attached hydrogen (secondary N) is 1. The van der Waals surface area contributed by atoms with Gasteiger partial charge in [-0.25, -0.2) is 0 Å². The molecule has 22 heavy (non-hydrogen) atoms. The van der Waals surface area contributed by atoms with E-state index < -0.39 is 55.5 Å². The molecular formula is C12H20N2O8. The summed E-state index contributed by atoms with van der Waals surface area (Å²) >= 11 is 0. The minimum Gasteiger partial charge on any atom is -0.480 e. The van der Waals surface area contributed by atoms with Crippen LogP contribution in [0.5, 0.6) is 0 Å². The fourth-order valence-electron chi connectivity index (χ4n) is 1.53. The smallest absolute Gasteiger partial charge is 0.323 e. The van der Waals surface area contributed by atoms with E-state index in [1.807, 2.05) is 0 Å². The van der Waals surface area contributed by atoms with Crippen LogP contribution in [-0.2, 0) is 19.2 Å². The zero-order valence-electron chi connectivity index (χ0n) is 12.1. The number of amides is 1. The Bertz CT molecular complexity index is 409. The van der Waals surface area contributed by atoms with E-state index in [2.05, 4.69) is 5.32 Å². The van der Waals surface area contributed by atoms with Crippen LogP contribution < -0.4 is 5.32 Å². The number of aliphatic hydroxyl groups excluding tert-OH is 1. The molecule has 0 aliphatic heterocycles. The van der Waals surface area contributed by atoms with Crippen molar-refractivity contribution in [1.82, 2.24) is 10.2 Å². The predicted octanol–water partition coefficient (Wildman–Crippen LogP) is -1.81. The van der Waals surface area contributed by atoms with E-state index in [1.165, 1.54) is 0 Å². The van der Waals surface area contributed by atoms with Gasteiger partial charge in [-0.3, -0.25) is 19.2 Å². The molecule has 10 nitrogen and oxygen atoms in total. The SMILES string of the molecule is CCC(O)CNC(CC(=O)N(CC(=O)O)CC(=O)O)C(=O)O. The molecule has 0 rings (SSSR count). The van der Waals surface area contributed by atoms with Gasteiger partial charge in [-0.1, -0.05) is 6.92 Å². The van der Waals surface area contributed by atoms with Gasteiger partial charge < -0.3 is 30.6 Å². The molecule has 0 fully saturated rings. The Balaban J connectivity index is 4.77. The molecule has 0 aromatic heterocycles. The van der Waals surface area contributed by atoms with Gasteiger partial charge in [0.05, 0.1) is 12.5 Å². The number of carbonyl (C=O) groups excluding carboxylic acids is 1. The van der Waals surface area contributed by atoms with Crippen LogP contribution in [0.15, 0.2) is 0 Å². The molecule has 0 bridgehead atoms. The van der Waals surface area contributed by atoms with Crippen molar-refractivity contribution in [1.29, 1.82) is 0 Å². The number of carbonyl (C=O) groups is 4. The molecule has 0 aromatic carbocycles. The summed E-state index contributed by atoms with van der Waals surface area (Å²) in [6.07, 6.45) is -1.02. The topological polar surface area (TPSA) is 164 Å². The summed E-state index contributed by atoms with van der Waals surface area (Å²) in [6.45, 7) is -0.0442. The first-order chi connectivity index (χ1) is 10.2. The van der Waals surface area contributed by atoms with Crippen molar-refractivity contribution < 1.29 is 39.6 Å². The second-order valence-electron chi connectivity index (χ2n) is 4.60. The Kier molecular flexibility index (Phi) is 8.72. The van der Waals surface area contributed by atoms with Crippen molar-refractivity contribution >= 4 is 23.8 Å². The zero-order chi connectivity index (χ0) is 17.3. The number of carboxylic acids is 3. The quantitative estimate of drug-likeness (QED) is 0.295. The molecule has 126 valence electrons. The highest BCUT2D eigenvalue weighted by Gasteiger charge is 2.26. The van der Waals surface area contributed by atoms with Gasteiger partial charge in [-0.2, -0.15) is 0 Å². The average molecular weight is 320 g/mol. The molecule has 0 spiro atoms. The van der Waals surface area contributed by atoms with Gasteiger partial charge in [0, 0.05) is 6.54 Å². The predicted molar refractivity (Wildman–Crippen MR) is 72.2 cm³/mol. The van der Waals surface area contributed by atoms with Gasteiger partial charge in [0.15, 0.2) is 0 Å². The summed E-state index contributed by atoms with van der Waals surface area (Å²) in [5.74, 6) is -5.09. The third kappa shape index (κ3) is 8.17. The Morgan fingerprint density at radius 3 is 1.91 bits per heavy atom. The summed E-state index contributed by atoms with van der Waals surface area (Å²) in [4.78, 5) is 44.7. The standard InChI is InChI=1S/C12H20N2O8/c1-2-7(15)4-13-8(12(21)22)3-9(16)14(5-10(17)18)6-11(19)20/h7-8,13,15H,2-6H2,1H3,(H,17,18)(H,19,20)(H,21,22). The van der Waals surface area contributed by atoms with Crippen molar-refractivity contribution in [2.75, 3.05) is 19.6 Å². The van der Waals surface area contributed by atoms with Gasteiger partial charge >= 0.3 is 17.9 Å². The molecular weight excluding hydrogens is 300 g/mol. The summed E-state index contributed by atoms with van der Waals surface area (Å²) in [7, 11) is 0. The number of aliphatic carboxylic acids is 3. The van der Waals surface area contributed by atoms with Crippen LogP contribution in [0.3, 0.4) is 0 Å². The van der Waals surface area contributed by atoms with Crippen LogP contribution in [0.4, 0.5) is 0 Å². The average Bonchev–Trinajstić information content (AvgIpc) is 2.40. The first kappa shape index (κ1) is 19.8. The molecule has 10 heteroatoms. The molecule has 5 N–H and O–H groups in total. The molecule has 2 atom stereocenters.